The molecule has 0 unspecified atom stereocenters. The summed E-state index contributed by atoms with van der Waals surface area (Å²) in [5, 5.41) is 7.70. The second kappa shape index (κ2) is 10.4. The highest BCUT2D eigenvalue weighted by Gasteiger charge is 2.03. The minimum absolute atomic E-state index is 0.113. The molecule has 0 fully saturated rings. The summed E-state index contributed by atoms with van der Waals surface area (Å²) in [6.07, 6.45) is 1.69. The zero-order chi connectivity index (χ0) is 17.9. The van der Waals surface area contributed by atoms with Crippen molar-refractivity contribution in [1.82, 2.24) is 10.7 Å². The average molecular weight is 357 g/mol. The summed E-state index contributed by atoms with van der Waals surface area (Å²) in [6, 6.07) is 17.9. The fraction of sp³-hybridized carbons (Fsp3) is 0.263. The highest BCUT2D eigenvalue weighted by Crippen LogP contribution is 2.17. The molecule has 0 spiro atoms. The molecule has 0 aliphatic heterocycles. The maximum atomic E-state index is 5.89. The lowest BCUT2D eigenvalue weighted by Gasteiger charge is -2.14. The van der Waals surface area contributed by atoms with Gasteiger partial charge in [-0.25, -0.2) is 0 Å². The summed E-state index contributed by atoms with van der Waals surface area (Å²) >= 11 is 5.19. The van der Waals surface area contributed by atoms with Gasteiger partial charge in [0.1, 0.15) is 12.4 Å². The molecule has 5 nitrogen and oxygen atoms in total. The maximum Gasteiger partial charge on any atom is 0.187 e. The normalized spacial score (nSPS) is 11.9. The maximum absolute atomic E-state index is 5.89. The molecule has 0 aliphatic rings. The fourth-order valence-electron chi connectivity index (χ4n) is 2.16. The number of ether oxygens (including phenoxy) is 2. The second-order valence-corrected chi connectivity index (χ2v) is 5.92. The quantitative estimate of drug-likeness (QED) is 0.432. The molecule has 0 saturated heterocycles. The van der Waals surface area contributed by atoms with Crippen LogP contribution in [0.4, 0.5) is 0 Å². The van der Waals surface area contributed by atoms with Crippen molar-refractivity contribution in [3.05, 3.63) is 65.7 Å². The molecule has 6 heteroatoms. The lowest BCUT2D eigenvalue weighted by atomic mass is 10.2. The molecule has 1 atom stereocenters. The number of nitrogens with zero attached hydrogens (tertiary/aromatic N) is 1. The molecule has 0 aromatic heterocycles. The van der Waals surface area contributed by atoms with E-state index >= 15 is 0 Å². The monoisotopic (exact) mass is 357 g/mol. The third-order valence-corrected chi connectivity index (χ3v) is 3.53. The predicted octanol–water partition coefficient (Wildman–Crippen LogP) is 3.10. The van der Waals surface area contributed by atoms with E-state index in [1.165, 1.54) is 0 Å². The van der Waals surface area contributed by atoms with Crippen molar-refractivity contribution in [2.75, 3.05) is 13.7 Å². The van der Waals surface area contributed by atoms with Crippen molar-refractivity contribution in [2.45, 2.75) is 19.6 Å². The Balaban J connectivity index is 1.90. The topological polar surface area (TPSA) is 54.9 Å². The molecule has 0 amide bonds. The van der Waals surface area contributed by atoms with Gasteiger partial charge in [-0.15, -0.1) is 0 Å². The van der Waals surface area contributed by atoms with Crippen LogP contribution in [0.3, 0.4) is 0 Å². The number of hydrogen-bond acceptors (Lipinski definition) is 4. The molecule has 0 bridgehead atoms. The van der Waals surface area contributed by atoms with Crippen molar-refractivity contribution < 1.29 is 9.47 Å². The van der Waals surface area contributed by atoms with E-state index in [4.69, 9.17) is 21.7 Å². The third kappa shape index (κ3) is 6.91. The number of methoxy groups -OCH3 is 1. The Kier molecular flexibility index (Phi) is 7.88. The van der Waals surface area contributed by atoms with Crippen molar-refractivity contribution in [3.63, 3.8) is 0 Å². The Labute approximate surface area is 154 Å². The molecular formula is C19H23N3O2S. The molecule has 2 rings (SSSR count). The van der Waals surface area contributed by atoms with Crippen LogP contribution in [0.15, 0.2) is 59.7 Å². The van der Waals surface area contributed by atoms with Gasteiger partial charge in [0.25, 0.3) is 0 Å². The number of hydrogen-bond donors (Lipinski definition) is 2. The van der Waals surface area contributed by atoms with Gasteiger partial charge in [-0.1, -0.05) is 42.5 Å². The van der Waals surface area contributed by atoms with E-state index in [0.717, 1.165) is 16.9 Å². The van der Waals surface area contributed by atoms with Crippen LogP contribution in [-0.4, -0.2) is 31.1 Å². The molecule has 2 aromatic carbocycles. The minimum Gasteiger partial charge on any atom is -0.488 e. The number of thiocarbonyl (C=S) groups is 1. The molecule has 25 heavy (non-hydrogen) atoms. The van der Waals surface area contributed by atoms with Gasteiger partial charge in [0, 0.05) is 18.7 Å². The minimum atomic E-state index is 0.113. The number of rotatable bonds is 8. The molecule has 0 radical (unpaired) electrons. The van der Waals surface area contributed by atoms with Gasteiger partial charge in [-0.05, 0) is 36.8 Å². The Morgan fingerprint density at radius 1 is 1.16 bits per heavy atom. The van der Waals surface area contributed by atoms with E-state index in [-0.39, 0.29) is 6.04 Å². The smallest absolute Gasteiger partial charge is 0.187 e. The van der Waals surface area contributed by atoms with E-state index in [1.807, 2.05) is 61.5 Å². The number of benzene rings is 2. The second-order valence-electron chi connectivity index (χ2n) is 5.51. The highest BCUT2D eigenvalue weighted by atomic mass is 32.1. The van der Waals surface area contributed by atoms with Crippen LogP contribution in [-0.2, 0) is 11.3 Å². The van der Waals surface area contributed by atoms with Crippen LogP contribution in [0.1, 0.15) is 18.1 Å². The first kappa shape index (κ1) is 18.9. The average Bonchev–Trinajstić information content (AvgIpc) is 2.62. The Bertz CT molecular complexity index is 692. The summed E-state index contributed by atoms with van der Waals surface area (Å²) in [5.41, 5.74) is 4.79. The number of nitrogens with one attached hydrogen (secondary N) is 2. The first-order valence-corrected chi connectivity index (χ1v) is 8.44. The van der Waals surface area contributed by atoms with Crippen LogP contribution in [0.25, 0.3) is 0 Å². The molecule has 0 saturated carbocycles. The Hall–Kier alpha value is -2.44. The van der Waals surface area contributed by atoms with Crippen LogP contribution >= 0.6 is 12.2 Å². The van der Waals surface area contributed by atoms with Crippen molar-refractivity contribution in [2.24, 2.45) is 5.10 Å². The molecule has 2 aromatic rings. The van der Waals surface area contributed by atoms with Gasteiger partial charge in [0.15, 0.2) is 5.11 Å². The van der Waals surface area contributed by atoms with Gasteiger partial charge in [-0.3, -0.25) is 5.43 Å². The Morgan fingerprint density at radius 3 is 2.64 bits per heavy atom. The van der Waals surface area contributed by atoms with Gasteiger partial charge < -0.3 is 14.8 Å². The molecular weight excluding hydrogens is 334 g/mol. The first-order chi connectivity index (χ1) is 12.2. The summed E-state index contributed by atoms with van der Waals surface area (Å²) in [5.74, 6) is 0.767. The van der Waals surface area contributed by atoms with Crippen LogP contribution in [0, 0.1) is 0 Å². The van der Waals surface area contributed by atoms with E-state index < -0.39 is 0 Å². The third-order valence-electron chi connectivity index (χ3n) is 3.32. The van der Waals surface area contributed by atoms with Crippen LogP contribution in [0.2, 0.25) is 0 Å². The van der Waals surface area contributed by atoms with Gasteiger partial charge in [-0.2, -0.15) is 5.10 Å². The number of para-hydroxylation sites is 1. The largest absolute Gasteiger partial charge is 0.488 e. The van der Waals surface area contributed by atoms with E-state index in [9.17, 15) is 0 Å². The standard InChI is InChI=1S/C19H23N3O2S/c1-15(13-23-2)21-19(25)22-20-12-17-10-6-7-11-18(17)24-14-16-8-4-3-5-9-16/h3-12,15H,13-14H2,1-2H3,(H2,21,22,25)/b20-12-/t15-/m0/s1. The van der Waals surface area contributed by atoms with Crippen LogP contribution in [0.5, 0.6) is 5.75 Å². The lowest BCUT2D eigenvalue weighted by molar-refractivity contribution is 0.179. The van der Waals surface area contributed by atoms with E-state index in [1.54, 1.807) is 13.3 Å². The zero-order valence-electron chi connectivity index (χ0n) is 14.4. The first-order valence-electron chi connectivity index (χ1n) is 8.03. The predicted molar refractivity (Wildman–Crippen MR) is 105 cm³/mol. The summed E-state index contributed by atoms with van der Waals surface area (Å²) in [6.45, 7) is 3.06. The van der Waals surface area contributed by atoms with Gasteiger partial charge >= 0.3 is 0 Å². The molecule has 2 N–H and O–H groups in total. The van der Waals surface area contributed by atoms with Gasteiger partial charge in [0.2, 0.25) is 0 Å². The highest BCUT2D eigenvalue weighted by molar-refractivity contribution is 7.80. The van der Waals surface area contributed by atoms with Crippen molar-refractivity contribution in [1.29, 1.82) is 0 Å². The number of hydrazone groups is 1. The Morgan fingerprint density at radius 2 is 1.88 bits per heavy atom. The van der Waals surface area contributed by atoms with Gasteiger partial charge in [0.05, 0.1) is 12.8 Å². The molecule has 0 heterocycles. The van der Waals surface area contributed by atoms with Crippen LogP contribution < -0.4 is 15.5 Å². The SMILES string of the molecule is COC[C@H](C)NC(=S)N/N=C\c1ccccc1OCc1ccccc1. The zero-order valence-corrected chi connectivity index (χ0v) is 15.3. The molecule has 132 valence electrons. The fourth-order valence-corrected chi connectivity index (χ4v) is 2.42. The van der Waals surface area contributed by atoms with E-state index in [2.05, 4.69) is 15.8 Å². The molecule has 0 aliphatic carbocycles. The summed E-state index contributed by atoms with van der Waals surface area (Å²) in [7, 11) is 1.65. The lowest BCUT2D eigenvalue weighted by Crippen LogP contribution is -2.40. The summed E-state index contributed by atoms with van der Waals surface area (Å²) in [4.78, 5) is 0. The van der Waals surface area contributed by atoms with Crippen molar-refractivity contribution >= 4 is 23.5 Å². The van der Waals surface area contributed by atoms with E-state index in [0.29, 0.717) is 18.3 Å². The summed E-state index contributed by atoms with van der Waals surface area (Å²) < 4.78 is 10.9. The van der Waals surface area contributed by atoms with Crippen molar-refractivity contribution in [3.8, 4) is 5.75 Å².